The molecule has 28 heavy (non-hydrogen) atoms. The largest absolute Gasteiger partial charge is 0.356 e. The molecule has 9 heteroatoms. The highest BCUT2D eigenvalue weighted by atomic mass is 32.2. The van der Waals surface area contributed by atoms with Crippen LogP contribution in [0, 0.1) is 12.7 Å². The van der Waals surface area contributed by atoms with Gasteiger partial charge in [-0.15, -0.1) is 0 Å². The molecule has 0 saturated carbocycles. The molecule has 1 aromatic carbocycles. The van der Waals surface area contributed by atoms with Gasteiger partial charge in [-0.2, -0.15) is 4.31 Å². The molecular weight excluding hydrogens is 381 g/mol. The van der Waals surface area contributed by atoms with E-state index in [4.69, 9.17) is 0 Å². The van der Waals surface area contributed by atoms with Crippen molar-refractivity contribution in [2.75, 3.05) is 49.1 Å². The van der Waals surface area contributed by atoms with Crippen LogP contribution in [0.3, 0.4) is 0 Å². The molecule has 0 radical (unpaired) electrons. The Morgan fingerprint density at radius 1 is 0.893 bits per heavy atom. The lowest BCUT2D eigenvalue weighted by Gasteiger charge is -2.35. The van der Waals surface area contributed by atoms with Gasteiger partial charge in [-0.1, -0.05) is 0 Å². The van der Waals surface area contributed by atoms with Crippen molar-refractivity contribution in [2.24, 2.45) is 0 Å². The van der Waals surface area contributed by atoms with Crippen molar-refractivity contribution in [1.82, 2.24) is 14.3 Å². The number of hydrogen-bond acceptors (Lipinski definition) is 6. The minimum absolute atomic E-state index is 0.167. The van der Waals surface area contributed by atoms with Crippen LogP contribution in [0.2, 0.25) is 0 Å². The quantitative estimate of drug-likeness (QED) is 0.775. The molecule has 0 amide bonds. The van der Waals surface area contributed by atoms with Crippen LogP contribution in [0.25, 0.3) is 0 Å². The van der Waals surface area contributed by atoms with Crippen molar-refractivity contribution in [3.8, 4) is 0 Å². The van der Waals surface area contributed by atoms with Gasteiger partial charge in [0, 0.05) is 45.3 Å². The summed E-state index contributed by atoms with van der Waals surface area (Å²) in [5.41, 5.74) is 0.425. The number of aryl methyl sites for hydroxylation is 1. The summed E-state index contributed by atoms with van der Waals surface area (Å²) in [6, 6.07) is 5.78. The topological polar surface area (TPSA) is 69.6 Å². The van der Waals surface area contributed by atoms with Crippen molar-refractivity contribution in [1.29, 1.82) is 0 Å². The lowest BCUT2D eigenvalue weighted by Crippen LogP contribution is -2.49. The molecule has 0 unspecified atom stereocenters. The zero-order valence-corrected chi connectivity index (χ0v) is 16.7. The third kappa shape index (κ3) is 3.68. The third-order valence-electron chi connectivity index (χ3n) is 5.39. The van der Waals surface area contributed by atoms with Crippen LogP contribution in [0.15, 0.2) is 35.5 Å². The Kier molecular flexibility index (Phi) is 5.20. The summed E-state index contributed by atoms with van der Waals surface area (Å²) >= 11 is 0. The summed E-state index contributed by atoms with van der Waals surface area (Å²) < 4.78 is 40.7. The fourth-order valence-corrected chi connectivity index (χ4v) is 5.46. The van der Waals surface area contributed by atoms with Crippen molar-refractivity contribution in [3.05, 3.63) is 42.0 Å². The molecule has 0 bridgehead atoms. The van der Waals surface area contributed by atoms with E-state index in [0.29, 0.717) is 31.7 Å². The SMILES string of the molecule is Cc1cc(F)ccc1S(=O)(=O)N1CCN(c2cc(N3CCCC3)ncn2)CC1. The standard InChI is InChI=1S/C19H24FN5O2S/c1-15-12-16(20)4-5-17(15)28(26,27)25-10-8-24(9-11-25)19-13-18(21-14-22-19)23-6-2-3-7-23/h4-5,12-14H,2-3,6-11H2,1H3. The van der Waals surface area contributed by atoms with E-state index in [1.165, 1.54) is 35.3 Å². The Hall–Kier alpha value is -2.26. The van der Waals surface area contributed by atoms with E-state index in [1.807, 2.05) is 6.07 Å². The van der Waals surface area contributed by atoms with Crippen molar-refractivity contribution in [2.45, 2.75) is 24.7 Å². The molecule has 2 aromatic rings. The van der Waals surface area contributed by atoms with Crippen LogP contribution in [0.5, 0.6) is 0 Å². The second kappa shape index (κ2) is 7.63. The van der Waals surface area contributed by atoms with E-state index < -0.39 is 15.8 Å². The lowest BCUT2D eigenvalue weighted by atomic mass is 10.2. The fourth-order valence-electron chi connectivity index (χ4n) is 3.83. The number of benzene rings is 1. The van der Waals surface area contributed by atoms with Gasteiger partial charge in [-0.3, -0.25) is 0 Å². The second-order valence-electron chi connectivity index (χ2n) is 7.23. The first-order chi connectivity index (χ1) is 13.4. The van der Waals surface area contributed by atoms with Gasteiger partial charge >= 0.3 is 0 Å². The van der Waals surface area contributed by atoms with Gasteiger partial charge in [0.15, 0.2) is 0 Å². The highest BCUT2D eigenvalue weighted by Gasteiger charge is 2.30. The highest BCUT2D eigenvalue weighted by Crippen LogP contribution is 2.25. The first-order valence-electron chi connectivity index (χ1n) is 9.53. The van der Waals surface area contributed by atoms with Crippen molar-refractivity contribution < 1.29 is 12.8 Å². The molecule has 0 aliphatic carbocycles. The van der Waals surface area contributed by atoms with Gasteiger partial charge in [0.05, 0.1) is 4.90 Å². The van der Waals surface area contributed by atoms with Gasteiger partial charge in [-0.05, 0) is 43.5 Å². The average Bonchev–Trinajstić information content (AvgIpc) is 3.23. The van der Waals surface area contributed by atoms with Gasteiger partial charge < -0.3 is 9.80 Å². The number of aromatic nitrogens is 2. The lowest BCUT2D eigenvalue weighted by molar-refractivity contribution is 0.383. The Balaban J connectivity index is 1.46. The normalized spacial score (nSPS) is 18.6. The zero-order valence-electron chi connectivity index (χ0n) is 15.9. The van der Waals surface area contributed by atoms with E-state index in [2.05, 4.69) is 19.8 Å². The summed E-state index contributed by atoms with van der Waals surface area (Å²) in [4.78, 5) is 13.3. The Bertz CT molecular complexity index is 955. The maximum Gasteiger partial charge on any atom is 0.243 e. The maximum absolute atomic E-state index is 13.3. The fraction of sp³-hybridized carbons (Fsp3) is 0.474. The van der Waals surface area contributed by atoms with E-state index in [0.717, 1.165) is 24.7 Å². The molecule has 1 aromatic heterocycles. The first-order valence-corrected chi connectivity index (χ1v) is 11.0. The molecule has 2 aliphatic heterocycles. The molecule has 0 spiro atoms. The van der Waals surface area contributed by atoms with E-state index >= 15 is 0 Å². The van der Waals surface area contributed by atoms with Gasteiger partial charge in [0.25, 0.3) is 0 Å². The highest BCUT2D eigenvalue weighted by molar-refractivity contribution is 7.89. The molecule has 3 heterocycles. The monoisotopic (exact) mass is 405 g/mol. The summed E-state index contributed by atoms with van der Waals surface area (Å²) in [6.45, 7) is 5.47. The summed E-state index contributed by atoms with van der Waals surface area (Å²) in [5.74, 6) is 1.32. The van der Waals surface area contributed by atoms with Crippen LogP contribution in [0.4, 0.5) is 16.0 Å². The summed E-state index contributed by atoms with van der Waals surface area (Å²) in [7, 11) is -3.64. The van der Waals surface area contributed by atoms with Crippen molar-refractivity contribution >= 4 is 21.7 Å². The molecule has 0 atom stereocenters. The van der Waals surface area contributed by atoms with Crippen molar-refractivity contribution in [3.63, 3.8) is 0 Å². The summed E-state index contributed by atoms with van der Waals surface area (Å²) in [5, 5.41) is 0. The molecular formula is C19H24FN5O2S. The molecule has 2 fully saturated rings. The predicted octanol–water partition coefficient (Wildman–Crippen LogP) is 2.04. The Morgan fingerprint density at radius 3 is 2.11 bits per heavy atom. The minimum Gasteiger partial charge on any atom is -0.356 e. The maximum atomic E-state index is 13.3. The molecule has 2 saturated heterocycles. The molecule has 4 rings (SSSR count). The Labute approximate surface area is 164 Å². The third-order valence-corrected chi connectivity index (χ3v) is 7.44. The molecule has 2 aliphatic rings. The Morgan fingerprint density at radius 2 is 1.50 bits per heavy atom. The van der Waals surface area contributed by atoms with Crippen LogP contribution >= 0.6 is 0 Å². The minimum atomic E-state index is -3.64. The van der Waals surface area contributed by atoms with Crippen LogP contribution in [-0.2, 0) is 10.0 Å². The number of halogens is 1. The zero-order chi connectivity index (χ0) is 19.7. The van der Waals surface area contributed by atoms with Gasteiger partial charge in [-0.25, -0.2) is 22.8 Å². The predicted molar refractivity (Wildman–Crippen MR) is 106 cm³/mol. The van der Waals surface area contributed by atoms with Crippen LogP contribution in [-0.4, -0.2) is 62.0 Å². The number of sulfonamides is 1. The van der Waals surface area contributed by atoms with Crippen LogP contribution < -0.4 is 9.80 Å². The smallest absolute Gasteiger partial charge is 0.243 e. The van der Waals surface area contributed by atoms with E-state index in [9.17, 15) is 12.8 Å². The van der Waals surface area contributed by atoms with Crippen LogP contribution in [0.1, 0.15) is 18.4 Å². The van der Waals surface area contributed by atoms with Gasteiger partial charge in [0.2, 0.25) is 10.0 Å². The number of hydrogen-bond donors (Lipinski definition) is 0. The number of piperazine rings is 1. The first kappa shape index (κ1) is 19.1. The van der Waals surface area contributed by atoms with Gasteiger partial charge in [0.1, 0.15) is 23.8 Å². The number of rotatable bonds is 4. The molecule has 7 nitrogen and oxygen atoms in total. The van der Waals surface area contributed by atoms with E-state index in [1.54, 1.807) is 13.3 Å². The summed E-state index contributed by atoms with van der Waals surface area (Å²) in [6.07, 6.45) is 3.94. The second-order valence-corrected chi connectivity index (χ2v) is 9.14. The number of nitrogens with zero attached hydrogens (tertiary/aromatic N) is 5. The number of anilines is 2. The average molecular weight is 405 g/mol. The molecule has 0 N–H and O–H groups in total. The van der Waals surface area contributed by atoms with E-state index in [-0.39, 0.29) is 4.90 Å². The molecule has 150 valence electrons.